The first kappa shape index (κ1) is 37.2. The zero-order valence-electron chi connectivity index (χ0n) is 23.9. The number of nitrogens with one attached hydrogen (secondary N) is 7. The minimum Gasteiger partial charge on any atom is -0.481 e. The summed E-state index contributed by atoms with van der Waals surface area (Å²) in [5.74, 6) is -7.52. The van der Waals surface area contributed by atoms with Crippen LogP contribution in [0.1, 0.15) is 25.0 Å². The number of nitrogens with two attached hydrogens (primary N) is 2. The average Bonchev–Trinajstić information content (AvgIpc) is 2.93. The summed E-state index contributed by atoms with van der Waals surface area (Å²) in [7, 11) is 0. The molecule has 1 aromatic rings. The molecule has 1 heterocycles. The topological polar surface area (TPSA) is 363 Å². The number of nitrogens with zero attached hydrogens (tertiary/aromatic N) is 2. The number of amides is 6. The Kier molecular flexibility index (Phi) is 15.5. The summed E-state index contributed by atoms with van der Waals surface area (Å²) in [6.07, 6.45) is -0.818. The number of aromatic nitrogens is 2. The van der Waals surface area contributed by atoms with Crippen LogP contribution in [0.5, 0.6) is 0 Å². The first-order valence-corrected chi connectivity index (χ1v) is 13.0. The van der Waals surface area contributed by atoms with E-state index in [1.165, 1.54) is 13.0 Å². The van der Waals surface area contributed by atoms with Crippen molar-refractivity contribution in [3.05, 3.63) is 22.1 Å². The number of aliphatic carboxylic acids is 2. The number of anilines is 1. The molecular weight excluding hydrogens is 606 g/mol. The fourth-order valence-corrected chi connectivity index (χ4v) is 3.35. The van der Waals surface area contributed by atoms with Gasteiger partial charge in [-0.2, -0.15) is 0 Å². The van der Waals surface area contributed by atoms with Crippen LogP contribution >= 0.6 is 0 Å². The highest BCUT2D eigenvalue weighted by molar-refractivity contribution is 5.95. The van der Waals surface area contributed by atoms with Crippen LogP contribution < -0.4 is 48.9 Å². The number of aliphatic hydroxyl groups is 1. The molecule has 1 rings (SSSR count). The fourth-order valence-electron chi connectivity index (χ4n) is 3.35. The van der Waals surface area contributed by atoms with Crippen LogP contribution in [0.4, 0.5) is 10.7 Å². The molecule has 0 saturated heterocycles. The molecule has 6 amide bonds. The molecule has 3 atom stereocenters. The summed E-state index contributed by atoms with van der Waals surface area (Å²) in [4.78, 5) is 106. The molecule has 0 radical (unpaired) electrons. The SMILES string of the molecule is Cc1cc(=O)[nH]c(NC(=O)NCC(=O)N[C@@H](CCCN=C(N)N)C(=O)NCC(=O)N[C@@H](CC(=O)O)C(=O)N[C@@H](CO)C(=O)O)n1. The van der Waals surface area contributed by atoms with Crippen molar-refractivity contribution in [2.75, 3.05) is 31.6 Å². The number of hydrogen-bond acceptors (Lipinski definition) is 11. The van der Waals surface area contributed by atoms with Crippen LogP contribution in [0.25, 0.3) is 0 Å². The second-order valence-corrected chi connectivity index (χ2v) is 9.13. The summed E-state index contributed by atoms with van der Waals surface area (Å²) in [6.45, 7) is -0.840. The molecule has 1 aromatic heterocycles. The van der Waals surface area contributed by atoms with Gasteiger partial charge in [0, 0.05) is 18.3 Å². The van der Waals surface area contributed by atoms with Crippen LogP contribution in [-0.2, 0) is 28.8 Å². The Morgan fingerprint density at radius 2 is 1.56 bits per heavy atom. The van der Waals surface area contributed by atoms with Crippen molar-refractivity contribution in [3.63, 3.8) is 0 Å². The first-order chi connectivity index (χ1) is 21.1. The Hall–Kier alpha value is -5.80. The molecule has 22 heteroatoms. The summed E-state index contributed by atoms with van der Waals surface area (Å²) in [5.41, 5.74) is 10.3. The Labute approximate surface area is 253 Å². The maximum absolute atomic E-state index is 12.8. The predicted molar refractivity (Wildman–Crippen MR) is 152 cm³/mol. The van der Waals surface area contributed by atoms with Crippen molar-refractivity contribution in [3.8, 4) is 0 Å². The van der Waals surface area contributed by atoms with E-state index in [1.807, 2.05) is 10.6 Å². The summed E-state index contributed by atoms with van der Waals surface area (Å²) >= 11 is 0. The van der Waals surface area contributed by atoms with Gasteiger partial charge in [-0.05, 0) is 19.8 Å². The van der Waals surface area contributed by atoms with E-state index in [4.69, 9.17) is 26.8 Å². The van der Waals surface area contributed by atoms with E-state index < -0.39 is 91.4 Å². The van der Waals surface area contributed by atoms with Gasteiger partial charge in [-0.25, -0.2) is 14.6 Å². The third-order valence-electron chi connectivity index (χ3n) is 5.36. The number of hydrogen-bond donors (Lipinski definition) is 12. The summed E-state index contributed by atoms with van der Waals surface area (Å²) in [6, 6.07) is -4.52. The second kappa shape index (κ2) is 18.7. The Balaban J connectivity index is 2.81. The number of aromatic amines is 1. The number of carboxylic acids is 2. The number of aliphatic imine (C=N–C) groups is 1. The Morgan fingerprint density at radius 1 is 0.933 bits per heavy atom. The normalized spacial score (nSPS) is 12.3. The van der Waals surface area contributed by atoms with E-state index in [9.17, 15) is 38.4 Å². The van der Waals surface area contributed by atoms with E-state index in [1.54, 1.807) is 0 Å². The molecule has 22 nitrogen and oxygen atoms in total. The molecule has 0 unspecified atom stereocenters. The van der Waals surface area contributed by atoms with Crippen molar-refractivity contribution in [1.82, 2.24) is 36.6 Å². The van der Waals surface area contributed by atoms with Gasteiger partial charge >= 0.3 is 18.0 Å². The summed E-state index contributed by atoms with van der Waals surface area (Å²) < 4.78 is 0. The zero-order valence-corrected chi connectivity index (χ0v) is 23.9. The van der Waals surface area contributed by atoms with Gasteiger partial charge in [-0.1, -0.05) is 0 Å². The van der Waals surface area contributed by atoms with E-state index >= 15 is 0 Å². The Bertz CT molecular complexity index is 1340. The van der Waals surface area contributed by atoms with Gasteiger partial charge in [-0.15, -0.1) is 0 Å². The number of guanidine groups is 1. The van der Waals surface area contributed by atoms with Gasteiger partial charge < -0.3 is 53.4 Å². The molecule has 0 aliphatic rings. The number of aryl methyl sites for hydroxylation is 1. The number of carboxylic acid groups (broad SMARTS) is 2. The van der Waals surface area contributed by atoms with E-state index in [0.717, 1.165) is 0 Å². The lowest BCUT2D eigenvalue weighted by molar-refractivity contribution is -0.144. The second-order valence-electron chi connectivity index (χ2n) is 9.13. The maximum atomic E-state index is 12.8. The molecule has 0 bridgehead atoms. The number of aliphatic hydroxyl groups excluding tert-OH is 1. The number of rotatable bonds is 18. The van der Waals surface area contributed by atoms with E-state index in [-0.39, 0.29) is 31.3 Å². The van der Waals surface area contributed by atoms with Crippen molar-refractivity contribution >= 4 is 53.5 Å². The van der Waals surface area contributed by atoms with Crippen LogP contribution in [-0.4, -0.2) is 117 Å². The van der Waals surface area contributed by atoms with E-state index in [2.05, 4.69) is 36.2 Å². The highest BCUT2D eigenvalue weighted by Gasteiger charge is 2.28. The van der Waals surface area contributed by atoms with Crippen molar-refractivity contribution < 1.29 is 48.9 Å². The monoisotopic (exact) mass is 641 g/mol. The molecule has 14 N–H and O–H groups in total. The highest BCUT2D eigenvalue weighted by Crippen LogP contribution is 2.00. The van der Waals surface area contributed by atoms with Crippen LogP contribution in [0.15, 0.2) is 15.9 Å². The van der Waals surface area contributed by atoms with E-state index in [0.29, 0.717) is 5.69 Å². The lowest BCUT2D eigenvalue weighted by Crippen LogP contribution is -2.55. The molecule has 0 aromatic carbocycles. The molecular formula is C23H35N11O11. The van der Waals surface area contributed by atoms with Gasteiger partial charge in [0.2, 0.25) is 29.6 Å². The number of urea groups is 1. The highest BCUT2D eigenvalue weighted by atomic mass is 16.4. The molecule has 0 aliphatic heterocycles. The third-order valence-corrected chi connectivity index (χ3v) is 5.36. The molecule has 248 valence electrons. The lowest BCUT2D eigenvalue weighted by atomic mass is 10.1. The minimum absolute atomic E-state index is 0.0433. The van der Waals surface area contributed by atoms with Gasteiger partial charge in [0.05, 0.1) is 26.1 Å². The molecule has 45 heavy (non-hydrogen) atoms. The quantitative estimate of drug-likeness (QED) is 0.0404. The van der Waals surface area contributed by atoms with Gasteiger partial charge in [0.15, 0.2) is 5.96 Å². The van der Waals surface area contributed by atoms with Crippen LogP contribution in [0.3, 0.4) is 0 Å². The molecule has 0 fully saturated rings. The number of H-pyrrole nitrogens is 1. The minimum atomic E-state index is -1.77. The van der Waals surface area contributed by atoms with Gasteiger partial charge in [0.25, 0.3) is 5.56 Å². The van der Waals surface area contributed by atoms with Gasteiger partial charge in [0.1, 0.15) is 18.1 Å². The van der Waals surface area contributed by atoms with Crippen LogP contribution in [0.2, 0.25) is 0 Å². The lowest BCUT2D eigenvalue weighted by Gasteiger charge is -2.21. The standard InChI is InChI=1S/C23H35N11O11/c1-10-5-14(36)33-22(29-10)34-23(45)28-8-16(38)30-11(3-2-4-26-21(24)25)18(41)27-7-15(37)31-12(6-17(39)40)19(42)32-13(9-35)20(43)44/h5,11-13,35H,2-4,6-9H2,1H3,(H,27,41)(H,30,38)(H,31,37)(H,32,42)(H,39,40)(H,43,44)(H4,24,25,26)(H3,28,29,33,34,36,45)/t11-,12-,13-/m0/s1. The van der Waals surface area contributed by atoms with Gasteiger partial charge in [-0.3, -0.25) is 44.1 Å². The predicted octanol–water partition coefficient (Wildman–Crippen LogP) is -5.62. The smallest absolute Gasteiger partial charge is 0.328 e. The number of carbonyl (C=O) groups is 7. The fraction of sp³-hybridized carbons (Fsp3) is 0.478. The molecule has 0 aliphatic carbocycles. The van der Waals surface area contributed by atoms with Crippen molar-refractivity contribution in [2.45, 2.75) is 44.3 Å². The Morgan fingerprint density at radius 3 is 2.11 bits per heavy atom. The van der Waals surface area contributed by atoms with Crippen molar-refractivity contribution in [1.29, 1.82) is 0 Å². The first-order valence-electron chi connectivity index (χ1n) is 13.0. The summed E-state index contributed by atoms with van der Waals surface area (Å²) in [5, 5.41) is 40.0. The van der Waals surface area contributed by atoms with Crippen LogP contribution in [0, 0.1) is 6.92 Å². The zero-order chi connectivity index (χ0) is 34.1. The maximum Gasteiger partial charge on any atom is 0.328 e. The third kappa shape index (κ3) is 15.3. The largest absolute Gasteiger partial charge is 0.481 e. The molecule has 0 saturated carbocycles. The molecule has 0 spiro atoms. The number of carbonyl (C=O) groups excluding carboxylic acids is 5. The van der Waals surface area contributed by atoms with Crippen molar-refractivity contribution in [2.24, 2.45) is 16.5 Å². The average molecular weight is 642 g/mol.